The zero-order chi connectivity index (χ0) is 44.6. The molecule has 2 fully saturated rings. The third-order valence-electron chi connectivity index (χ3n) is 11.8. The second-order valence-electron chi connectivity index (χ2n) is 17.2. The molecule has 0 aromatic heterocycles. The summed E-state index contributed by atoms with van der Waals surface area (Å²) in [5, 5.41) is 63.5. The van der Waals surface area contributed by atoms with Crippen LogP contribution in [-0.4, -0.2) is 117 Å². The number of carbonyl (C=O) groups is 2. The molecule has 2 aliphatic rings. The first kappa shape index (κ1) is 55.2. The number of hydrogen-bond donors (Lipinski definition) is 6. The topological polar surface area (TPSA) is 202 Å². The van der Waals surface area contributed by atoms with Gasteiger partial charge >= 0.3 is 11.9 Å². The number of unbranched alkanes of at least 4 members (excludes halogenated alkanes) is 22. The van der Waals surface area contributed by atoms with Gasteiger partial charge in [-0.2, -0.15) is 0 Å². The predicted octanol–water partition coefficient (Wildman–Crippen LogP) is 7.78. The fraction of sp³-hybridized carbons (Fsp3) is 0.875. The molecule has 2 saturated heterocycles. The molecule has 13 heteroatoms. The van der Waals surface area contributed by atoms with Crippen molar-refractivity contribution >= 4 is 11.9 Å². The second kappa shape index (κ2) is 34.5. The van der Waals surface area contributed by atoms with E-state index >= 15 is 0 Å². The minimum Gasteiger partial charge on any atom is -0.463 e. The summed E-state index contributed by atoms with van der Waals surface area (Å²) in [6.45, 7) is 2.56. The van der Waals surface area contributed by atoms with Crippen LogP contribution in [0.5, 0.6) is 0 Å². The molecule has 0 spiro atoms. The van der Waals surface area contributed by atoms with Crippen molar-refractivity contribution < 1.29 is 63.9 Å². The average molecular weight is 871 g/mol. The third-order valence-corrected chi connectivity index (χ3v) is 11.8. The molecule has 0 saturated carbocycles. The first-order valence-electron chi connectivity index (χ1n) is 24.2. The molecular weight excluding hydrogens is 785 g/mol. The first-order chi connectivity index (χ1) is 29.6. The summed E-state index contributed by atoms with van der Waals surface area (Å²) < 4.78 is 28.0. The van der Waals surface area contributed by atoms with Gasteiger partial charge in [0.15, 0.2) is 6.29 Å². The van der Waals surface area contributed by atoms with Gasteiger partial charge in [-0.05, 0) is 64.2 Å². The summed E-state index contributed by atoms with van der Waals surface area (Å²) in [5.41, 5.74) is 0. The van der Waals surface area contributed by atoms with Crippen LogP contribution in [0.15, 0.2) is 24.3 Å². The van der Waals surface area contributed by atoms with E-state index < -0.39 is 86.6 Å². The van der Waals surface area contributed by atoms with Crippen LogP contribution in [0.4, 0.5) is 0 Å². The minimum absolute atomic E-state index is 0.0915. The van der Waals surface area contributed by atoms with Crippen molar-refractivity contribution in [1.29, 1.82) is 0 Å². The van der Waals surface area contributed by atoms with Gasteiger partial charge in [0, 0.05) is 12.8 Å². The third kappa shape index (κ3) is 23.0. The summed E-state index contributed by atoms with van der Waals surface area (Å²) in [4.78, 5) is 25.3. The van der Waals surface area contributed by atoms with Crippen molar-refractivity contribution in [2.45, 2.75) is 248 Å². The monoisotopic (exact) mass is 871 g/mol. The molecule has 0 radical (unpaired) electrons. The minimum atomic E-state index is -2.30. The van der Waals surface area contributed by atoms with Crippen LogP contribution in [0, 0.1) is 0 Å². The Hall–Kier alpha value is -1.94. The lowest BCUT2D eigenvalue weighted by molar-refractivity contribution is -0.383. The lowest BCUT2D eigenvalue weighted by atomic mass is 9.99. The number of aliphatic hydroxyl groups is 6. The number of rotatable bonds is 37. The zero-order valence-electron chi connectivity index (χ0n) is 37.9. The number of aliphatic hydroxyl groups excluding tert-OH is 6. The van der Waals surface area contributed by atoms with Crippen LogP contribution in [0.2, 0.25) is 0 Å². The van der Waals surface area contributed by atoms with Crippen LogP contribution < -0.4 is 0 Å². The smallest absolute Gasteiger partial charge is 0.305 e. The summed E-state index contributed by atoms with van der Waals surface area (Å²) in [6.07, 6.45) is 25.3. The molecule has 0 amide bonds. The SMILES string of the molecule is CCCCCCCC/C=C\CCCCCCCC(=O)OC[C@H]1O[C@H](O[C@]2(COC(=O)CCCCCCC/C=C\CCCCCCCC)O[C@H](CO)[C@@H](O)[C@@H]2O)[C@H](O)[C@@H](O)[C@@H]1O. The van der Waals surface area contributed by atoms with Crippen molar-refractivity contribution in [3.05, 3.63) is 24.3 Å². The van der Waals surface area contributed by atoms with E-state index in [4.69, 9.17) is 23.7 Å². The van der Waals surface area contributed by atoms with Crippen molar-refractivity contribution in [2.75, 3.05) is 19.8 Å². The van der Waals surface area contributed by atoms with Gasteiger partial charge in [0.05, 0.1) is 6.61 Å². The molecule has 9 atom stereocenters. The Bertz CT molecular complexity index is 1170. The summed E-state index contributed by atoms with van der Waals surface area (Å²) in [7, 11) is 0. The van der Waals surface area contributed by atoms with Crippen molar-refractivity contribution in [3.8, 4) is 0 Å². The Kier molecular flexibility index (Phi) is 31.2. The van der Waals surface area contributed by atoms with Crippen LogP contribution >= 0.6 is 0 Å². The van der Waals surface area contributed by atoms with Gasteiger partial charge in [-0.15, -0.1) is 0 Å². The molecule has 2 rings (SSSR count). The van der Waals surface area contributed by atoms with Gasteiger partial charge in [-0.1, -0.05) is 141 Å². The lowest BCUT2D eigenvalue weighted by Crippen LogP contribution is -2.63. The Labute approximate surface area is 367 Å². The Morgan fingerprint density at radius 3 is 1.39 bits per heavy atom. The highest BCUT2D eigenvalue weighted by molar-refractivity contribution is 5.69. The van der Waals surface area contributed by atoms with Crippen LogP contribution in [0.1, 0.15) is 194 Å². The maximum absolute atomic E-state index is 12.8. The van der Waals surface area contributed by atoms with E-state index in [9.17, 15) is 40.2 Å². The van der Waals surface area contributed by atoms with E-state index in [1.165, 1.54) is 77.0 Å². The largest absolute Gasteiger partial charge is 0.463 e. The predicted molar refractivity (Wildman–Crippen MR) is 235 cm³/mol. The standard InChI is InChI=1S/C48H86O13/c1-3-5-7-9-11-13-15-17-19-21-23-25-27-29-31-33-40(50)57-36-39-42(52)44(54)45(55)47(59-39)61-48(46(56)43(53)38(35-49)60-48)37-58-41(51)34-32-30-28-26-24-22-20-18-16-14-12-10-8-6-4-2/h17-20,38-39,42-47,49,52-56H,3-16,21-37H2,1-2H3/b19-17-,20-18-/t38-,39-,42-,43-,44+,45-,46+,47-,48+/m1/s1. The molecule has 0 bridgehead atoms. The van der Waals surface area contributed by atoms with Crippen LogP contribution in [0.3, 0.4) is 0 Å². The molecule has 0 unspecified atom stereocenters. The fourth-order valence-electron chi connectivity index (χ4n) is 7.78. The first-order valence-corrected chi connectivity index (χ1v) is 24.2. The lowest BCUT2D eigenvalue weighted by Gasteiger charge is -2.43. The van der Waals surface area contributed by atoms with Crippen molar-refractivity contribution in [2.24, 2.45) is 0 Å². The molecule has 6 N–H and O–H groups in total. The highest BCUT2D eigenvalue weighted by Crippen LogP contribution is 2.37. The molecule has 0 aromatic rings. The quantitative estimate of drug-likeness (QED) is 0.0201. The summed E-state index contributed by atoms with van der Waals surface area (Å²) >= 11 is 0. The van der Waals surface area contributed by atoms with Crippen molar-refractivity contribution in [3.63, 3.8) is 0 Å². The Morgan fingerprint density at radius 2 is 0.951 bits per heavy atom. The maximum Gasteiger partial charge on any atom is 0.305 e. The Balaban J connectivity index is 1.73. The van der Waals surface area contributed by atoms with Gasteiger partial charge in [0.25, 0.3) is 0 Å². The molecule has 2 aliphatic heterocycles. The zero-order valence-corrected chi connectivity index (χ0v) is 37.9. The van der Waals surface area contributed by atoms with E-state index in [2.05, 4.69) is 38.2 Å². The number of hydrogen-bond acceptors (Lipinski definition) is 13. The molecule has 13 nitrogen and oxygen atoms in total. The maximum atomic E-state index is 12.8. The van der Waals surface area contributed by atoms with E-state index in [0.717, 1.165) is 77.0 Å². The second-order valence-corrected chi connectivity index (χ2v) is 17.2. The van der Waals surface area contributed by atoms with Crippen LogP contribution in [-0.2, 0) is 33.3 Å². The number of allylic oxidation sites excluding steroid dienone is 4. The van der Waals surface area contributed by atoms with Gasteiger partial charge < -0.3 is 54.3 Å². The number of carbonyl (C=O) groups excluding carboxylic acids is 2. The van der Waals surface area contributed by atoms with Gasteiger partial charge in [-0.25, -0.2) is 0 Å². The van der Waals surface area contributed by atoms with E-state index in [0.29, 0.717) is 12.8 Å². The summed E-state index contributed by atoms with van der Waals surface area (Å²) in [5.74, 6) is -3.41. The molecule has 2 heterocycles. The van der Waals surface area contributed by atoms with E-state index in [-0.39, 0.29) is 12.8 Å². The molecule has 0 aliphatic carbocycles. The molecule has 0 aromatic carbocycles. The van der Waals surface area contributed by atoms with E-state index in [1.54, 1.807) is 0 Å². The fourth-order valence-corrected chi connectivity index (χ4v) is 7.78. The van der Waals surface area contributed by atoms with Gasteiger partial charge in [-0.3, -0.25) is 9.59 Å². The molecule has 356 valence electrons. The average Bonchev–Trinajstić information content (AvgIpc) is 3.49. The molecular formula is C48H86O13. The van der Waals surface area contributed by atoms with Crippen LogP contribution in [0.25, 0.3) is 0 Å². The molecule has 61 heavy (non-hydrogen) atoms. The highest BCUT2D eigenvalue weighted by Gasteiger charge is 2.59. The van der Waals surface area contributed by atoms with Gasteiger partial charge in [0.1, 0.15) is 55.9 Å². The van der Waals surface area contributed by atoms with Crippen molar-refractivity contribution in [1.82, 2.24) is 0 Å². The summed E-state index contributed by atoms with van der Waals surface area (Å²) in [6, 6.07) is 0. The number of esters is 2. The van der Waals surface area contributed by atoms with Gasteiger partial charge in [0.2, 0.25) is 5.79 Å². The normalized spacial score (nSPS) is 26.8. The Morgan fingerprint density at radius 1 is 0.525 bits per heavy atom. The number of ether oxygens (including phenoxy) is 5. The highest BCUT2D eigenvalue weighted by atomic mass is 16.8. The van der Waals surface area contributed by atoms with E-state index in [1.807, 2.05) is 0 Å².